The van der Waals surface area contributed by atoms with Crippen LogP contribution in [0.2, 0.25) is 0 Å². The number of hydrogen-bond donors (Lipinski definition) is 0. The molecule has 264 valence electrons. The molecule has 9 aromatic carbocycles. The molecular weight excluding hydrogens is 689 g/mol. The fourth-order valence-electron chi connectivity index (χ4n) is 9.41. The standard InChI is InChI=1S/C55H34N2/c1-2-12-37-33-51(49-22-11-29-56-54(49)42(37)15-3-1)39-27-28-41-38(31-39)26-24-34-23-25-36(32-50(34)41)35-13-10-14-40(30-35)53-48-21-9-7-19-46(48)52-45-18-6-4-16-43(45)44-17-5-8-20-47(44)55(52)57-53/h1-14,16-33H,15H2. The number of rotatable bonds is 3. The van der Waals surface area contributed by atoms with Gasteiger partial charge in [0, 0.05) is 33.3 Å². The first-order valence-corrected chi connectivity index (χ1v) is 19.7. The summed E-state index contributed by atoms with van der Waals surface area (Å²) in [5.74, 6) is 0. The number of hydrogen-bond acceptors (Lipinski definition) is 2. The lowest BCUT2D eigenvalue weighted by Crippen LogP contribution is -1.94. The number of aromatic nitrogens is 2. The van der Waals surface area contributed by atoms with Gasteiger partial charge in [-0.15, -0.1) is 0 Å². The molecule has 12 rings (SSSR count). The van der Waals surface area contributed by atoms with Gasteiger partial charge in [0.25, 0.3) is 0 Å². The van der Waals surface area contributed by atoms with Crippen LogP contribution in [0.3, 0.4) is 0 Å². The van der Waals surface area contributed by atoms with E-state index in [1.54, 1.807) is 0 Å². The highest BCUT2D eigenvalue weighted by atomic mass is 14.7. The van der Waals surface area contributed by atoms with Crippen LogP contribution in [0.5, 0.6) is 0 Å². The van der Waals surface area contributed by atoms with E-state index in [9.17, 15) is 0 Å². The number of pyridine rings is 2. The van der Waals surface area contributed by atoms with Crippen molar-refractivity contribution in [3.63, 3.8) is 0 Å². The van der Waals surface area contributed by atoms with Gasteiger partial charge in [-0.25, -0.2) is 4.98 Å². The van der Waals surface area contributed by atoms with Gasteiger partial charge in [0.1, 0.15) is 0 Å². The molecular formula is C55H34N2. The van der Waals surface area contributed by atoms with Crippen molar-refractivity contribution in [1.29, 1.82) is 0 Å². The fraction of sp³-hybridized carbons (Fsp3) is 0.0182. The minimum atomic E-state index is 0.884. The molecule has 1 aliphatic carbocycles. The Morgan fingerprint density at radius 2 is 1.09 bits per heavy atom. The maximum atomic E-state index is 5.55. The minimum absolute atomic E-state index is 0.884. The van der Waals surface area contributed by atoms with Crippen molar-refractivity contribution in [2.24, 2.45) is 0 Å². The maximum absolute atomic E-state index is 5.55. The molecule has 2 aromatic heterocycles. The van der Waals surface area contributed by atoms with E-state index in [4.69, 9.17) is 9.97 Å². The van der Waals surface area contributed by atoms with Crippen LogP contribution in [0.15, 0.2) is 188 Å². The Bertz CT molecular complexity index is 3550. The molecule has 0 amide bonds. The van der Waals surface area contributed by atoms with E-state index in [0.29, 0.717) is 0 Å². The third-order valence-electron chi connectivity index (χ3n) is 12.1. The minimum Gasteiger partial charge on any atom is -0.256 e. The zero-order chi connectivity index (χ0) is 37.5. The van der Waals surface area contributed by atoms with Crippen LogP contribution in [-0.4, -0.2) is 9.97 Å². The van der Waals surface area contributed by atoms with Crippen LogP contribution in [0, 0.1) is 0 Å². The van der Waals surface area contributed by atoms with E-state index in [-0.39, 0.29) is 0 Å². The lowest BCUT2D eigenvalue weighted by atomic mass is 9.90. The van der Waals surface area contributed by atoms with Gasteiger partial charge in [0.15, 0.2) is 0 Å². The van der Waals surface area contributed by atoms with Crippen molar-refractivity contribution in [2.75, 3.05) is 0 Å². The average molecular weight is 723 g/mol. The molecule has 0 atom stereocenters. The summed E-state index contributed by atoms with van der Waals surface area (Å²) in [6.45, 7) is 0. The Balaban J connectivity index is 1.00. The van der Waals surface area contributed by atoms with Crippen molar-refractivity contribution in [3.05, 3.63) is 199 Å². The van der Waals surface area contributed by atoms with Crippen LogP contribution in [0.1, 0.15) is 11.1 Å². The van der Waals surface area contributed by atoms with Crippen LogP contribution in [-0.2, 0) is 6.42 Å². The third-order valence-corrected chi connectivity index (χ3v) is 12.1. The van der Waals surface area contributed by atoms with E-state index in [2.05, 4.69) is 182 Å². The number of benzene rings is 9. The summed E-state index contributed by atoms with van der Waals surface area (Å²) >= 11 is 0. The molecule has 11 aromatic rings. The summed E-state index contributed by atoms with van der Waals surface area (Å²) in [6, 6.07) is 60.1. The predicted octanol–water partition coefficient (Wildman–Crippen LogP) is 14.7. The number of fused-ring (bicyclic) bond motifs is 14. The zero-order valence-electron chi connectivity index (χ0n) is 31.1. The first kappa shape index (κ1) is 31.9. The summed E-state index contributed by atoms with van der Waals surface area (Å²) in [5.41, 5.74) is 11.5. The molecule has 0 bridgehead atoms. The topological polar surface area (TPSA) is 25.8 Å². The molecule has 0 radical (unpaired) electrons. The maximum Gasteiger partial charge on any atom is 0.0800 e. The van der Waals surface area contributed by atoms with Crippen LogP contribution in [0.4, 0.5) is 0 Å². The summed E-state index contributed by atoms with van der Waals surface area (Å²) < 4.78 is 0. The molecule has 2 nitrogen and oxygen atoms in total. The Hall–Kier alpha value is -7.42. The summed E-state index contributed by atoms with van der Waals surface area (Å²) in [4.78, 5) is 10.4. The molecule has 0 fully saturated rings. The molecule has 57 heavy (non-hydrogen) atoms. The van der Waals surface area contributed by atoms with Crippen molar-refractivity contribution in [2.45, 2.75) is 6.42 Å². The molecule has 0 N–H and O–H groups in total. The highest BCUT2D eigenvalue weighted by Gasteiger charge is 2.18. The van der Waals surface area contributed by atoms with Gasteiger partial charge in [-0.2, -0.15) is 0 Å². The summed E-state index contributed by atoms with van der Waals surface area (Å²) in [5, 5.41) is 14.7. The van der Waals surface area contributed by atoms with Crippen molar-refractivity contribution in [1.82, 2.24) is 9.97 Å². The number of allylic oxidation sites excluding steroid dienone is 3. The molecule has 0 saturated carbocycles. The Morgan fingerprint density at radius 1 is 0.404 bits per heavy atom. The van der Waals surface area contributed by atoms with E-state index in [1.165, 1.54) is 92.6 Å². The second-order valence-electron chi connectivity index (χ2n) is 15.2. The molecule has 0 aliphatic heterocycles. The van der Waals surface area contributed by atoms with Crippen LogP contribution >= 0.6 is 0 Å². The first-order chi connectivity index (χ1) is 28.3. The van der Waals surface area contributed by atoms with Crippen molar-refractivity contribution >= 4 is 81.7 Å². The number of nitrogens with zero attached hydrogens (tertiary/aromatic N) is 2. The lowest BCUT2D eigenvalue weighted by Gasteiger charge is -2.16. The van der Waals surface area contributed by atoms with Gasteiger partial charge in [-0.1, -0.05) is 158 Å². The first-order valence-electron chi connectivity index (χ1n) is 19.7. The second kappa shape index (κ2) is 12.6. The van der Waals surface area contributed by atoms with Crippen molar-refractivity contribution < 1.29 is 0 Å². The molecule has 0 spiro atoms. The van der Waals surface area contributed by atoms with Gasteiger partial charge in [-0.05, 0) is 113 Å². The summed E-state index contributed by atoms with van der Waals surface area (Å²) in [6.07, 6.45) is 11.5. The van der Waals surface area contributed by atoms with Gasteiger partial charge >= 0.3 is 0 Å². The quantitative estimate of drug-likeness (QED) is 0.170. The van der Waals surface area contributed by atoms with Crippen LogP contribution < -0.4 is 0 Å². The monoisotopic (exact) mass is 722 g/mol. The zero-order valence-corrected chi connectivity index (χ0v) is 31.1. The largest absolute Gasteiger partial charge is 0.256 e. The molecule has 1 aliphatic rings. The van der Waals surface area contributed by atoms with E-state index in [0.717, 1.165) is 34.1 Å². The molecule has 0 unspecified atom stereocenters. The van der Waals surface area contributed by atoms with Gasteiger partial charge < -0.3 is 0 Å². The lowest BCUT2D eigenvalue weighted by molar-refractivity contribution is 1.26. The third kappa shape index (κ3) is 4.97. The molecule has 2 heterocycles. The highest BCUT2D eigenvalue weighted by Crippen LogP contribution is 2.42. The molecule has 2 heteroatoms. The van der Waals surface area contributed by atoms with E-state index in [1.807, 2.05) is 12.3 Å². The average Bonchev–Trinajstić information content (AvgIpc) is 3.54. The fourth-order valence-corrected chi connectivity index (χ4v) is 9.41. The normalized spacial score (nSPS) is 12.7. The smallest absolute Gasteiger partial charge is 0.0800 e. The molecule has 0 saturated heterocycles. The highest BCUT2D eigenvalue weighted by molar-refractivity contribution is 6.31. The Kier molecular flexibility index (Phi) is 7.02. The SMILES string of the molecule is C1=CCc2c(cc(-c3ccc4c(ccc5ccc(-c6cccc(-c7nc8c9ccccc9c9ccccc9c8c8ccccc78)c6)cc54)c3)c3cccnc23)C=C1. The summed E-state index contributed by atoms with van der Waals surface area (Å²) in [7, 11) is 0. The van der Waals surface area contributed by atoms with Gasteiger partial charge in [0.05, 0.1) is 16.7 Å². The second-order valence-corrected chi connectivity index (χ2v) is 15.2. The van der Waals surface area contributed by atoms with Gasteiger partial charge in [0.2, 0.25) is 0 Å². The van der Waals surface area contributed by atoms with Crippen LogP contribution in [0.25, 0.3) is 115 Å². The van der Waals surface area contributed by atoms with Crippen molar-refractivity contribution in [3.8, 4) is 33.5 Å². The van der Waals surface area contributed by atoms with Gasteiger partial charge in [-0.3, -0.25) is 4.98 Å². The van der Waals surface area contributed by atoms with E-state index >= 15 is 0 Å². The predicted molar refractivity (Wildman–Crippen MR) is 243 cm³/mol. The van der Waals surface area contributed by atoms with E-state index < -0.39 is 0 Å². The Labute approximate surface area is 329 Å². The Morgan fingerprint density at radius 3 is 1.96 bits per heavy atom.